The SMILES string of the molecule is Cc1c(CC(=O)N(C)CCc2ccccn2)c(=O)oc2c(C)c3occ(-c4ccccc4)c3cc12. The summed E-state index contributed by atoms with van der Waals surface area (Å²) in [6.45, 7) is 4.29. The Balaban J connectivity index is 1.50. The first-order valence-electron chi connectivity index (χ1n) is 11.6. The Morgan fingerprint density at radius 2 is 1.74 bits per heavy atom. The van der Waals surface area contributed by atoms with Gasteiger partial charge in [-0.3, -0.25) is 9.78 Å². The lowest BCUT2D eigenvalue weighted by atomic mass is 9.97. The molecule has 0 saturated heterocycles. The number of rotatable bonds is 6. The summed E-state index contributed by atoms with van der Waals surface area (Å²) in [5.74, 6) is -0.137. The molecule has 0 N–H and O–H groups in total. The van der Waals surface area contributed by atoms with E-state index in [-0.39, 0.29) is 12.3 Å². The topological polar surface area (TPSA) is 76.6 Å². The third-order valence-corrected chi connectivity index (χ3v) is 6.61. The highest BCUT2D eigenvalue weighted by atomic mass is 16.4. The molecule has 35 heavy (non-hydrogen) atoms. The van der Waals surface area contributed by atoms with Crippen molar-refractivity contribution in [1.82, 2.24) is 9.88 Å². The molecule has 6 heteroatoms. The second kappa shape index (κ2) is 9.22. The van der Waals surface area contributed by atoms with Crippen LogP contribution in [0, 0.1) is 13.8 Å². The number of pyridine rings is 1. The number of aromatic nitrogens is 1. The molecule has 0 spiro atoms. The lowest BCUT2D eigenvalue weighted by Crippen LogP contribution is -2.32. The number of benzene rings is 2. The van der Waals surface area contributed by atoms with E-state index in [1.807, 2.05) is 68.4 Å². The summed E-state index contributed by atoms with van der Waals surface area (Å²) < 4.78 is 11.6. The third-order valence-electron chi connectivity index (χ3n) is 6.61. The second-order valence-corrected chi connectivity index (χ2v) is 8.83. The number of furan rings is 1. The van der Waals surface area contributed by atoms with Gasteiger partial charge in [0.25, 0.3) is 0 Å². The largest absolute Gasteiger partial charge is 0.463 e. The number of amides is 1. The van der Waals surface area contributed by atoms with E-state index in [0.29, 0.717) is 29.7 Å². The fourth-order valence-corrected chi connectivity index (χ4v) is 4.48. The van der Waals surface area contributed by atoms with Crippen LogP contribution >= 0.6 is 0 Å². The summed E-state index contributed by atoms with van der Waals surface area (Å²) >= 11 is 0. The van der Waals surface area contributed by atoms with Gasteiger partial charge in [0.1, 0.15) is 11.2 Å². The Bertz CT molecular complexity index is 1580. The van der Waals surface area contributed by atoms with Crippen molar-refractivity contribution < 1.29 is 13.6 Å². The van der Waals surface area contributed by atoms with Crippen LogP contribution in [0.2, 0.25) is 0 Å². The van der Waals surface area contributed by atoms with E-state index in [9.17, 15) is 9.59 Å². The molecule has 176 valence electrons. The van der Waals surface area contributed by atoms with Crippen molar-refractivity contribution >= 4 is 27.8 Å². The highest BCUT2D eigenvalue weighted by Gasteiger charge is 2.21. The Morgan fingerprint density at radius 1 is 0.971 bits per heavy atom. The highest BCUT2D eigenvalue weighted by molar-refractivity contribution is 6.05. The average molecular weight is 467 g/mol. The molecule has 6 nitrogen and oxygen atoms in total. The van der Waals surface area contributed by atoms with Crippen molar-refractivity contribution in [1.29, 1.82) is 0 Å². The van der Waals surface area contributed by atoms with Gasteiger partial charge >= 0.3 is 5.63 Å². The van der Waals surface area contributed by atoms with Crippen molar-refractivity contribution in [2.45, 2.75) is 26.7 Å². The lowest BCUT2D eigenvalue weighted by molar-refractivity contribution is -0.129. The summed E-state index contributed by atoms with van der Waals surface area (Å²) in [5, 5.41) is 1.76. The standard InChI is InChI=1S/C29H26N2O4/c1-18-22-15-24-25(20-9-5-4-6-10-20)17-34-27(24)19(2)28(22)35-29(33)23(18)16-26(32)31(3)14-12-21-11-7-8-13-30-21/h4-11,13,15,17H,12,14,16H2,1-3H3. The van der Waals surface area contributed by atoms with Crippen molar-refractivity contribution in [3.05, 3.63) is 99.9 Å². The van der Waals surface area contributed by atoms with E-state index in [1.54, 1.807) is 24.4 Å². The molecule has 0 aliphatic heterocycles. The van der Waals surface area contributed by atoms with Gasteiger partial charge in [0.05, 0.1) is 18.2 Å². The number of carbonyl (C=O) groups excluding carboxylic acids is 1. The number of carbonyl (C=O) groups is 1. The minimum Gasteiger partial charge on any atom is -0.463 e. The first-order valence-corrected chi connectivity index (χ1v) is 11.6. The van der Waals surface area contributed by atoms with E-state index in [1.165, 1.54) is 0 Å². The van der Waals surface area contributed by atoms with Gasteiger partial charge in [-0.25, -0.2) is 4.79 Å². The summed E-state index contributed by atoms with van der Waals surface area (Å²) in [6, 6.07) is 17.7. The van der Waals surface area contributed by atoms with Gasteiger partial charge in [-0.2, -0.15) is 0 Å². The predicted octanol–water partition coefficient (Wildman–Crippen LogP) is 5.46. The van der Waals surface area contributed by atoms with E-state index < -0.39 is 5.63 Å². The van der Waals surface area contributed by atoms with Crippen LogP contribution in [0.5, 0.6) is 0 Å². The van der Waals surface area contributed by atoms with Crippen molar-refractivity contribution in [3.63, 3.8) is 0 Å². The maximum absolute atomic E-state index is 13.0. The fourth-order valence-electron chi connectivity index (χ4n) is 4.48. The molecular formula is C29H26N2O4. The highest BCUT2D eigenvalue weighted by Crippen LogP contribution is 2.37. The van der Waals surface area contributed by atoms with Crippen LogP contribution in [-0.4, -0.2) is 29.4 Å². The molecule has 3 heterocycles. The molecular weight excluding hydrogens is 440 g/mol. The molecule has 0 atom stereocenters. The molecule has 0 fully saturated rings. The fraction of sp³-hybridized carbons (Fsp3) is 0.207. The van der Waals surface area contributed by atoms with Crippen molar-refractivity contribution in [3.8, 4) is 11.1 Å². The average Bonchev–Trinajstić information content (AvgIpc) is 3.31. The van der Waals surface area contributed by atoms with Gasteiger partial charge in [-0.15, -0.1) is 0 Å². The van der Waals surface area contributed by atoms with Gasteiger partial charge in [0.2, 0.25) is 5.91 Å². The second-order valence-electron chi connectivity index (χ2n) is 8.83. The first-order chi connectivity index (χ1) is 16.9. The molecule has 0 radical (unpaired) electrons. The molecule has 1 amide bonds. The van der Waals surface area contributed by atoms with Crippen LogP contribution in [0.15, 0.2) is 80.7 Å². The zero-order valence-electron chi connectivity index (χ0n) is 20.0. The summed E-state index contributed by atoms with van der Waals surface area (Å²) in [4.78, 5) is 31.8. The Hall–Kier alpha value is -4.19. The maximum atomic E-state index is 13.0. The molecule has 0 saturated carbocycles. The Morgan fingerprint density at radius 3 is 2.49 bits per heavy atom. The minimum atomic E-state index is -0.487. The van der Waals surface area contributed by atoms with Gasteiger partial charge in [-0.05, 0) is 43.2 Å². The van der Waals surface area contributed by atoms with Crippen LogP contribution in [0.4, 0.5) is 0 Å². The van der Waals surface area contributed by atoms with Crippen molar-refractivity contribution in [2.75, 3.05) is 13.6 Å². The van der Waals surface area contributed by atoms with Crippen LogP contribution in [0.3, 0.4) is 0 Å². The number of aryl methyl sites for hydroxylation is 2. The number of nitrogens with zero attached hydrogens (tertiary/aromatic N) is 2. The normalized spacial score (nSPS) is 11.3. The van der Waals surface area contributed by atoms with Gasteiger partial charge in [0, 0.05) is 53.8 Å². The zero-order valence-corrected chi connectivity index (χ0v) is 20.0. The molecule has 5 rings (SSSR count). The van der Waals surface area contributed by atoms with Crippen LogP contribution < -0.4 is 5.63 Å². The van der Waals surface area contributed by atoms with Crippen LogP contribution in [0.25, 0.3) is 33.1 Å². The van der Waals surface area contributed by atoms with Gasteiger partial charge in [0.15, 0.2) is 0 Å². The zero-order chi connectivity index (χ0) is 24.5. The van der Waals surface area contributed by atoms with Gasteiger partial charge < -0.3 is 13.7 Å². The molecule has 5 aromatic rings. The molecule has 2 aromatic carbocycles. The molecule has 0 aliphatic rings. The van der Waals surface area contributed by atoms with Crippen LogP contribution in [0.1, 0.15) is 22.4 Å². The summed E-state index contributed by atoms with van der Waals surface area (Å²) in [6.07, 6.45) is 4.11. The van der Waals surface area contributed by atoms with E-state index in [2.05, 4.69) is 4.98 Å². The number of hydrogen-bond donors (Lipinski definition) is 0. The number of hydrogen-bond acceptors (Lipinski definition) is 5. The molecule has 3 aromatic heterocycles. The van der Waals surface area contributed by atoms with Crippen molar-refractivity contribution in [2.24, 2.45) is 0 Å². The lowest BCUT2D eigenvalue weighted by Gasteiger charge is -2.17. The quantitative estimate of drug-likeness (QED) is 0.311. The molecule has 0 unspecified atom stereocenters. The Kier molecular flexibility index (Phi) is 5.95. The minimum absolute atomic E-state index is 0.0170. The Labute approximate surface area is 202 Å². The molecule has 0 bridgehead atoms. The third kappa shape index (κ3) is 4.23. The molecule has 0 aliphatic carbocycles. The summed E-state index contributed by atoms with van der Waals surface area (Å²) in [7, 11) is 1.74. The van der Waals surface area contributed by atoms with Gasteiger partial charge in [-0.1, -0.05) is 36.4 Å². The summed E-state index contributed by atoms with van der Waals surface area (Å²) in [5.41, 5.74) is 5.55. The number of fused-ring (bicyclic) bond motifs is 2. The van der Waals surface area contributed by atoms with E-state index in [4.69, 9.17) is 8.83 Å². The van der Waals surface area contributed by atoms with E-state index in [0.717, 1.165) is 38.7 Å². The predicted molar refractivity (Wildman–Crippen MR) is 136 cm³/mol. The maximum Gasteiger partial charge on any atom is 0.340 e. The van der Waals surface area contributed by atoms with E-state index >= 15 is 0 Å². The number of likely N-dealkylation sites (N-methyl/N-ethyl adjacent to an activating group) is 1. The first kappa shape index (κ1) is 22.6. The van der Waals surface area contributed by atoms with Crippen LogP contribution in [-0.2, 0) is 17.6 Å². The smallest absolute Gasteiger partial charge is 0.340 e. The monoisotopic (exact) mass is 466 g/mol.